The summed E-state index contributed by atoms with van der Waals surface area (Å²) in [6, 6.07) is 15.9. The number of pyridine rings is 2. The minimum atomic E-state index is -0.232. The summed E-state index contributed by atoms with van der Waals surface area (Å²) in [5, 5.41) is 2.30. The molecule has 0 unspecified atom stereocenters. The molecule has 0 spiro atoms. The second kappa shape index (κ2) is 7.13. The number of aryl methyl sites for hydroxylation is 1. The molecule has 4 nitrogen and oxygen atoms in total. The molecule has 2 aromatic carbocycles. The van der Waals surface area contributed by atoms with Crippen LogP contribution in [0, 0.1) is 0 Å². The minimum Gasteiger partial charge on any atom is -0.398 e. The van der Waals surface area contributed by atoms with Crippen molar-refractivity contribution < 1.29 is 0 Å². The van der Waals surface area contributed by atoms with Crippen LogP contribution in [0.3, 0.4) is 0 Å². The van der Waals surface area contributed by atoms with E-state index in [1.807, 2.05) is 24.3 Å². The Labute approximate surface area is 176 Å². The summed E-state index contributed by atoms with van der Waals surface area (Å²) in [5.41, 5.74) is 9.77. The summed E-state index contributed by atoms with van der Waals surface area (Å²) in [7, 11) is 1.66. The van der Waals surface area contributed by atoms with Gasteiger partial charge in [-0.15, -0.1) is 0 Å². The van der Waals surface area contributed by atoms with Crippen LogP contribution in [0.15, 0.2) is 59.4 Å². The summed E-state index contributed by atoms with van der Waals surface area (Å²) in [6.45, 7) is 0. The lowest BCUT2D eigenvalue weighted by molar-refractivity contribution is 0.890. The van der Waals surface area contributed by atoms with Gasteiger partial charge >= 0.3 is 0 Å². The zero-order valence-electron chi connectivity index (χ0n) is 14.7. The Balaban J connectivity index is 2.13. The van der Waals surface area contributed by atoms with Gasteiger partial charge in [-0.1, -0.05) is 46.9 Å². The van der Waals surface area contributed by atoms with Crippen molar-refractivity contribution in [2.24, 2.45) is 7.05 Å². The quantitative estimate of drug-likeness (QED) is 0.436. The second-order valence-electron chi connectivity index (χ2n) is 6.38. The molecule has 4 aromatic rings. The maximum Gasteiger partial charge on any atom is 0.253 e. The Kier molecular flexibility index (Phi) is 4.79. The largest absolute Gasteiger partial charge is 0.398 e. The van der Waals surface area contributed by atoms with Crippen LogP contribution in [0.5, 0.6) is 0 Å². The molecule has 0 amide bonds. The van der Waals surface area contributed by atoms with Gasteiger partial charge in [-0.2, -0.15) is 0 Å². The lowest BCUT2D eigenvalue weighted by Gasteiger charge is -2.15. The third-order valence-electron chi connectivity index (χ3n) is 4.58. The molecule has 2 heterocycles. The number of halogens is 3. The number of hydrogen-bond acceptors (Lipinski definition) is 3. The molecule has 0 fully saturated rings. The molecule has 0 saturated carbocycles. The molecule has 0 aliphatic carbocycles. The van der Waals surface area contributed by atoms with Gasteiger partial charge in [-0.05, 0) is 42.0 Å². The van der Waals surface area contributed by atoms with E-state index in [1.54, 1.807) is 31.3 Å². The van der Waals surface area contributed by atoms with Crippen molar-refractivity contribution in [2.75, 3.05) is 5.73 Å². The van der Waals surface area contributed by atoms with Crippen molar-refractivity contribution in [3.8, 4) is 22.4 Å². The first-order valence-electron chi connectivity index (χ1n) is 8.37. The topological polar surface area (TPSA) is 60.9 Å². The highest BCUT2D eigenvalue weighted by Gasteiger charge is 2.17. The van der Waals surface area contributed by atoms with Crippen LogP contribution >= 0.6 is 34.8 Å². The van der Waals surface area contributed by atoms with Crippen molar-refractivity contribution in [2.45, 2.75) is 0 Å². The maximum absolute atomic E-state index is 12.2. The van der Waals surface area contributed by atoms with E-state index in [0.717, 1.165) is 11.1 Å². The highest BCUT2D eigenvalue weighted by Crippen LogP contribution is 2.38. The second-order valence-corrected chi connectivity index (χ2v) is 7.66. The standard InChI is InChI=1S/C21H14Cl3N3O/c1-27-19(28)10-18(25)16-9-15(11-2-4-12(22)5-3-11)20(26-21(16)27)14-7-6-13(23)8-17(14)24/h2-10H,25H2,1H3. The number of anilines is 1. The van der Waals surface area contributed by atoms with Crippen molar-refractivity contribution in [1.82, 2.24) is 9.55 Å². The molecule has 0 radical (unpaired) electrons. The lowest BCUT2D eigenvalue weighted by atomic mass is 9.97. The molecule has 28 heavy (non-hydrogen) atoms. The van der Waals surface area contributed by atoms with Crippen LogP contribution in [0.4, 0.5) is 5.69 Å². The van der Waals surface area contributed by atoms with Gasteiger partial charge in [-0.3, -0.25) is 9.36 Å². The predicted octanol–water partition coefficient (Wildman–Crippen LogP) is 5.81. The Morgan fingerprint density at radius 3 is 2.25 bits per heavy atom. The molecule has 0 saturated heterocycles. The van der Waals surface area contributed by atoms with E-state index in [9.17, 15) is 4.79 Å². The average molecular weight is 431 g/mol. The van der Waals surface area contributed by atoms with Gasteiger partial charge in [0, 0.05) is 45.4 Å². The van der Waals surface area contributed by atoms with E-state index in [1.165, 1.54) is 10.6 Å². The Hall–Kier alpha value is -2.53. The molecule has 0 atom stereocenters. The number of nitrogen functional groups attached to an aromatic ring is 1. The van der Waals surface area contributed by atoms with E-state index < -0.39 is 0 Å². The molecule has 2 aromatic heterocycles. The molecule has 2 N–H and O–H groups in total. The Morgan fingerprint density at radius 1 is 0.893 bits per heavy atom. The van der Waals surface area contributed by atoms with Crippen LogP contribution < -0.4 is 11.3 Å². The number of benzene rings is 2. The fourth-order valence-electron chi connectivity index (χ4n) is 3.12. The van der Waals surface area contributed by atoms with E-state index in [0.29, 0.717) is 43.0 Å². The molecule has 0 aliphatic heterocycles. The first-order chi connectivity index (χ1) is 13.3. The minimum absolute atomic E-state index is 0.232. The number of fused-ring (bicyclic) bond motifs is 1. The van der Waals surface area contributed by atoms with Crippen LogP contribution in [0.2, 0.25) is 15.1 Å². The fourth-order valence-corrected chi connectivity index (χ4v) is 3.74. The maximum atomic E-state index is 12.2. The highest BCUT2D eigenvalue weighted by atomic mass is 35.5. The van der Waals surface area contributed by atoms with Gasteiger partial charge in [0.05, 0.1) is 10.7 Å². The average Bonchev–Trinajstić information content (AvgIpc) is 2.66. The van der Waals surface area contributed by atoms with E-state index in [2.05, 4.69) is 0 Å². The third kappa shape index (κ3) is 3.24. The van der Waals surface area contributed by atoms with Crippen LogP contribution in [0.25, 0.3) is 33.4 Å². The molecule has 0 bridgehead atoms. The van der Waals surface area contributed by atoms with Crippen molar-refractivity contribution >= 4 is 51.5 Å². The van der Waals surface area contributed by atoms with E-state index in [-0.39, 0.29) is 5.56 Å². The number of nitrogens with zero attached hydrogens (tertiary/aromatic N) is 2. The summed E-state index contributed by atoms with van der Waals surface area (Å²) in [4.78, 5) is 17.0. The normalized spacial score (nSPS) is 11.1. The number of nitrogens with two attached hydrogens (primary N) is 1. The molecule has 140 valence electrons. The zero-order chi connectivity index (χ0) is 20.0. The van der Waals surface area contributed by atoms with E-state index >= 15 is 0 Å². The highest BCUT2D eigenvalue weighted by molar-refractivity contribution is 6.36. The molecular weight excluding hydrogens is 417 g/mol. The van der Waals surface area contributed by atoms with Crippen LogP contribution in [-0.4, -0.2) is 9.55 Å². The van der Waals surface area contributed by atoms with Crippen LogP contribution in [-0.2, 0) is 7.05 Å². The Morgan fingerprint density at radius 2 is 1.57 bits per heavy atom. The summed E-state index contributed by atoms with van der Waals surface area (Å²) in [6.07, 6.45) is 0. The fraction of sp³-hybridized carbons (Fsp3) is 0.0476. The zero-order valence-corrected chi connectivity index (χ0v) is 17.0. The van der Waals surface area contributed by atoms with Crippen molar-refractivity contribution in [3.63, 3.8) is 0 Å². The van der Waals surface area contributed by atoms with Crippen molar-refractivity contribution in [1.29, 1.82) is 0 Å². The first-order valence-corrected chi connectivity index (χ1v) is 9.50. The summed E-state index contributed by atoms with van der Waals surface area (Å²) in [5.74, 6) is 0. The molecule has 7 heteroatoms. The van der Waals surface area contributed by atoms with Crippen molar-refractivity contribution in [3.05, 3.63) is 80.0 Å². The Bertz CT molecular complexity index is 1280. The summed E-state index contributed by atoms with van der Waals surface area (Å²) < 4.78 is 1.46. The molecular formula is C21H14Cl3N3O. The first kappa shape index (κ1) is 18.8. The lowest BCUT2D eigenvalue weighted by Crippen LogP contribution is -2.18. The van der Waals surface area contributed by atoms with Gasteiger partial charge in [0.2, 0.25) is 0 Å². The van der Waals surface area contributed by atoms with E-state index in [4.69, 9.17) is 45.5 Å². The summed E-state index contributed by atoms with van der Waals surface area (Å²) >= 11 is 18.6. The monoisotopic (exact) mass is 429 g/mol. The molecule has 4 rings (SSSR count). The smallest absolute Gasteiger partial charge is 0.253 e. The molecule has 0 aliphatic rings. The number of rotatable bonds is 2. The predicted molar refractivity (Wildman–Crippen MR) is 117 cm³/mol. The third-order valence-corrected chi connectivity index (χ3v) is 5.38. The van der Waals surface area contributed by atoms with Gasteiger partial charge in [0.15, 0.2) is 0 Å². The van der Waals surface area contributed by atoms with Gasteiger partial charge in [0.1, 0.15) is 5.65 Å². The van der Waals surface area contributed by atoms with Gasteiger partial charge in [-0.25, -0.2) is 4.98 Å². The number of aromatic nitrogens is 2. The SMILES string of the molecule is Cn1c(=O)cc(N)c2cc(-c3ccc(Cl)cc3)c(-c3ccc(Cl)cc3Cl)nc21. The van der Waals surface area contributed by atoms with Crippen LogP contribution in [0.1, 0.15) is 0 Å². The number of hydrogen-bond donors (Lipinski definition) is 1. The van der Waals surface area contributed by atoms with Gasteiger partial charge in [0.25, 0.3) is 5.56 Å². The van der Waals surface area contributed by atoms with Gasteiger partial charge < -0.3 is 5.73 Å².